The lowest BCUT2D eigenvalue weighted by atomic mass is 9.84. The summed E-state index contributed by atoms with van der Waals surface area (Å²) in [6, 6.07) is 0. The van der Waals surface area contributed by atoms with E-state index in [1.807, 2.05) is 26.8 Å². The predicted octanol–water partition coefficient (Wildman–Crippen LogP) is 4.28. The van der Waals surface area contributed by atoms with Gasteiger partial charge in [-0.1, -0.05) is 44.9 Å². The molecule has 0 aromatic heterocycles. The fourth-order valence-corrected chi connectivity index (χ4v) is 4.83. The molecule has 0 aliphatic carbocycles. The van der Waals surface area contributed by atoms with Crippen LogP contribution < -0.4 is 0 Å². The van der Waals surface area contributed by atoms with Gasteiger partial charge in [-0.3, -0.25) is 4.79 Å². The second kappa shape index (κ2) is 11.1. The molecule has 7 unspecified atom stereocenters. The van der Waals surface area contributed by atoms with Crippen LogP contribution >= 0.6 is 0 Å². The first-order valence-corrected chi connectivity index (χ1v) is 12.0. The number of hydrogen-bond donors (Lipinski definition) is 2. The van der Waals surface area contributed by atoms with Crippen LogP contribution in [-0.4, -0.2) is 51.5 Å². The van der Waals surface area contributed by atoms with Crippen molar-refractivity contribution >= 4 is 11.8 Å². The average molecular weight is 451 g/mol. The SMILES string of the molecule is CCCC1(C)CC2OC(=O)C=CC(C)CC(=O)C(C)(O)CC(O)C(C)C=C(C)CCC2O1. The van der Waals surface area contributed by atoms with Crippen LogP contribution in [-0.2, 0) is 19.1 Å². The lowest BCUT2D eigenvalue weighted by Crippen LogP contribution is -2.40. The molecule has 2 aliphatic heterocycles. The van der Waals surface area contributed by atoms with Gasteiger partial charge in [0.2, 0.25) is 0 Å². The van der Waals surface area contributed by atoms with Crippen LogP contribution in [0.2, 0.25) is 0 Å². The molecule has 0 aromatic rings. The number of allylic oxidation sites excluding steroid dienone is 2. The Morgan fingerprint density at radius 2 is 1.84 bits per heavy atom. The van der Waals surface area contributed by atoms with Gasteiger partial charge in [-0.25, -0.2) is 4.79 Å². The van der Waals surface area contributed by atoms with Crippen LogP contribution in [0.25, 0.3) is 0 Å². The van der Waals surface area contributed by atoms with E-state index in [1.165, 1.54) is 13.0 Å². The number of hydrogen-bond acceptors (Lipinski definition) is 6. The van der Waals surface area contributed by atoms with E-state index in [2.05, 4.69) is 13.8 Å². The maximum Gasteiger partial charge on any atom is 0.330 e. The molecule has 2 heterocycles. The zero-order chi connectivity index (χ0) is 24.1. The first kappa shape index (κ1) is 26.7. The van der Waals surface area contributed by atoms with Gasteiger partial charge in [0.05, 0.1) is 17.8 Å². The van der Waals surface area contributed by atoms with E-state index in [4.69, 9.17) is 9.47 Å². The fourth-order valence-electron chi connectivity index (χ4n) is 4.83. The second-order valence-corrected chi connectivity index (χ2v) is 10.5. The molecule has 2 N–H and O–H groups in total. The first-order chi connectivity index (χ1) is 14.8. The largest absolute Gasteiger partial charge is 0.456 e. The molecule has 0 aromatic carbocycles. The predicted molar refractivity (Wildman–Crippen MR) is 124 cm³/mol. The quantitative estimate of drug-likeness (QED) is 0.482. The molecule has 0 bridgehead atoms. The normalized spacial score (nSPS) is 40.4. The highest BCUT2D eigenvalue weighted by atomic mass is 16.6. The third kappa shape index (κ3) is 7.53. The van der Waals surface area contributed by atoms with E-state index in [0.717, 1.165) is 31.3 Å². The van der Waals surface area contributed by atoms with Crippen LogP contribution in [0.1, 0.15) is 86.5 Å². The minimum absolute atomic E-state index is 0.0293. The summed E-state index contributed by atoms with van der Waals surface area (Å²) in [5.74, 6) is -1.23. The Bertz CT molecular complexity index is 724. The second-order valence-electron chi connectivity index (χ2n) is 10.5. The van der Waals surface area contributed by atoms with Crippen molar-refractivity contribution in [1.29, 1.82) is 0 Å². The third-order valence-electron chi connectivity index (χ3n) is 6.78. The number of aliphatic hydroxyl groups is 2. The zero-order valence-electron chi connectivity index (χ0n) is 20.6. The summed E-state index contributed by atoms with van der Waals surface area (Å²) in [6.07, 6.45) is 7.78. The van der Waals surface area contributed by atoms with E-state index >= 15 is 0 Å². The number of aliphatic hydroxyl groups excluding tert-OH is 1. The van der Waals surface area contributed by atoms with Gasteiger partial charge in [0.25, 0.3) is 0 Å². The number of ether oxygens (including phenoxy) is 2. The first-order valence-electron chi connectivity index (χ1n) is 12.0. The average Bonchev–Trinajstić information content (AvgIpc) is 2.99. The van der Waals surface area contributed by atoms with E-state index in [-0.39, 0.29) is 48.3 Å². The van der Waals surface area contributed by atoms with Gasteiger partial charge in [0, 0.05) is 31.3 Å². The van der Waals surface area contributed by atoms with E-state index < -0.39 is 17.7 Å². The van der Waals surface area contributed by atoms with Crippen molar-refractivity contribution in [3.05, 3.63) is 23.8 Å². The minimum Gasteiger partial charge on any atom is -0.456 e. The number of rotatable bonds is 2. The lowest BCUT2D eigenvalue weighted by molar-refractivity contribution is -0.146. The topological polar surface area (TPSA) is 93.1 Å². The van der Waals surface area contributed by atoms with Gasteiger partial charge < -0.3 is 19.7 Å². The Kier molecular flexibility index (Phi) is 9.26. The van der Waals surface area contributed by atoms with Crippen LogP contribution in [0.4, 0.5) is 0 Å². The number of esters is 1. The summed E-state index contributed by atoms with van der Waals surface area (Å²) in [5, 5.41) is 21.3. The molecule has 2 rings (SSSR count). The molecule has 0 spiro atoms. The van der Waals surface area contributed by atoms with Gasteiger partial charge in [0.1, 0.15) is 11.7 Å². The van der Waals surface area contributed by atoms with Gasteiger partial charge in [-0.05, 0) is 46.0 Å². The molecule has 1 fully saturated rings. The molecular formula is C26H42O6. The number of carbonyl (C=O) groups is 2. The summed E-state index contributed by atoms with van der Waals surface area (Å²) in [5.41, 5.74) is -0.833. The Morgan fingerprint density at radius 3 is 2.50 bits per heavy atom. The van der Waals surface area contributed by atoms with Crippen molar-refractivity contribution < 1.29 is 29.3 Å². The standard InChI is InChI=1S/C26H42O6/c1-7-12-25(5)16-22-21(32-25)10-8-17(2)13-19(4)20(27)15-26(6,30)23(28)14-18(3)9-11-24(29)31-22/h9,11,13,18-22,27,30H,7-8,10,12,14-16H2,1-6H3. The minimum atomic E-state index is -1.62. The molecule has 1 saturated heterocycles. The molecule has 7 atom stereocenters. The molecule has 0 radical (unpaired) electrons. The molecular weight excluding hydrogens is 408 g/mol. The maximum absolute atomic E-state index is 12.6. The summed E-state index contributed by atoms with van der Waals surface area (Å²) in [4.78, 5) is 25.1. The van der Waals surface area contributed by atoms with E-state index in [0.29, 0.717) is 6.42 Å². The molecule has 6 heteroatoms. The van der Waals surface area contributed by atoms with Gasteiger partial charge in [-0.15, -0.1) is 0 Å². The fraction of sp³-hybridized carbons (Fsp3) is 0.769. The highest BCUT2D eigenvalue weighted by Gasteiger charge is 2.44. The number of carbonyl (C=O) groups excluding carboxylic acids is 2. The van der Waals surface area contributed by atoms with Crippen LogP contribution in [0.5, 0.6) is 0 Å². The monoisotopic (exact) mass is 450 g/mol. The Hall–Kier alpha value is -1.50. The molecule has 6 nitrogen and oxygen atoms in total. The lowest BCUT2D eigenvalue weighted by Gasteiger charge is -2.28. The number of Topliss-reactive ketones (excluding diaryl/α,β-unsaturated/α-hetero) is 1. The van der Waals surface area contributed by atoms with Gasteiger partial charge >= 0.3 is 5.97 Å². The number of fused-ring (bicyclic) bond motifs is 1. The van der Waals surface area contributed by atoms with Crippen molar-refractivity contribution in [2.24, 2.45) is 11.8 Å². The Balaban J connectivity index is 2.27. The Morgan fingerprint density at radius 1 is 1.16 bits per heavy atom. The van der Waals surface area contributed by atoms with E-state index in [1.54, 1.807) is 6.08 Å². The maximum atomic E-state index is 12.6. The summed E-state index contributed by atoms with van der Waals surface area (Å²) >= 11 is 0. The molecule has 32 heavy (non-hydrogen) atoms. The molecule has 2 aliphatic rings. The molecule has 0 saturated carbocycles. The van der Waals surface area contributed by atoms with Crippen molar-refractivity contribution in [3.63, 3.8) is 0 Å². The van der Waals surface area contributed by atoms with Crippen LogP contribution in [0.3, 0.4) is 0 Å². The summed E-state index contributed by atoms with van der Waals surface area (Å²) in [6.45, 7) is 11.4. The highest BCUT2D eigenvalue weighted by molar-refractivity contribution is 5.87. The highest BCUT2D eigenvalue weighted by Crippen LogP contribution is 2.38. The summed E-state index contributed by atoms with van der Waals surface area (Å²) in [7, 11) is 0. The zero-order valence-corrected chi connectivity index (χ0v) is 20.6. The van der Waals surface area contributed by atoms with Crippen molar-refractivity contribution in [3.8, 4) is 0 Å². The number of ketones is 1. The van der Waals surface area contributed by atoms with Crippen molar-refractivity contribution in [2.75, 3.05) is 0 Å². The van der Waals surface area contributed by atoms with Crippen molar-refractivity contribution in [1.82, 2.24) is 0 Å². The van der Waals surface area contributed by atoms with Crippen molar-refractivity contribution in [2.45, 2.75) is 116 Å². The van der Waals surface area contributed by atoms with Gasteiger partial charge in [0.15, 0.2) is 5.78 Å². The van der Waals surface area contributed by atoms with E-state index in [9.17, 15) is 19.8 Å². The Labute approximate surface area is 193 Å². The molecule has 0 amide bonds. The third-order valence-corrected chi connectivity index (χ3v) is 6.78. The van der Waals surface area contributed by atoms with Crippen LogP contribution in [0.15, 0.2) is 23.8 Å². The van der Waals surface area contributed by atoms with Gasteiger partial charge in [-0.2, -0.15) is 0 Å². The molecule has 182 valence electrons. The smallest absolute Gasteiger partial charge is 0.330 e. The summed E-state index contributed by atoms with van der Waals surface area (Å²) < 4.78 is 12.2. The van der Waals surface area contributed by atoms with Crippen LogP contribution in [0, 0.1) is 11.8 Å².